The van der Waals surface area contributed by atoms with E-state index < -0.39 is 10.1 Å². The highest BCUT2D eigenvalue weighted by Gasteiger charge is 2.04. The molecule has 0 saturated carbocycles. The van der Waals surface area contributed by atoms with Crippen molar-refractivity contribution in [3.63, 3.8) is 0 Å². The molecule has 88 valence electrons. The standard InChI is InChI=1S/C13H12O3S/c1-17(14,15)16-13-9-7-12(8-10-13)11-5-3-2-4-6-11/h2-10H,1H3. The van der Waals surface area contributed by atoms with Crippen LogP contribution in [0.1, 0.15) is 0 Å². The first-order chi connectivity index (χ1) is 8.04. The lowest BCUT2D eigenvalue weighted by atomic mass is 10.1. The molecular weight excluding hydrogens is 236 g/mol. The Balaban J connectivity index is 2.25. The van der Waals surface area contributed by atoms with E-state index in [1.165, 1.54) is 0 Å². The van der Waals surface area contributed by atoms with Crippen molar-refractivity contribution in [3.05, 3.63) is 54.6 Å². The van der Waals surface area contributed by atoms with Gasteiger partial charge in [-0.2, -0.15) is 8.42 Å². The zero-order chi connectivity index (χ0) is 12.3. The Kier molecular flexibility index (Phi) is 3.15. The van der Waals surface area contributed by atoms with E-state index in [2.05, 4.69) is 0 Å². The van der Waals surface area contributed by atoms with Gasteiger partial charge in [0, 0.05) is 0 Å². The molecule has 2 aromatic rings. The fraction of sp³-hybridized carbons (Fsp3) is 0.0769. The van der Waals surface area contributed by atoms with Gasteiger partial charge in [-0.05, 0) is 23.3 Å². The highest BCUT2D eigenvalue weighted by molar-refractivity contribution is 7.86. The molecule has 0 radical (unpaired) electrons. The number of hydrogen-bond donors (Lipinski definition) is 0. The molecule has 0 N–H and O–H groups in total. The van der Waals surface area contributed by atoms with Crippen LogP contribution >= 0.6 is 0 Å². The molecule has 0 fully saturated rings. The van der Waals surface area contributed by atoms with Gasteiger partial charge in [0.2, 0.25) is 0 Å². The summed E-state index contributed by atoms with van der Waals surface area (Å²) in [5, 5.41) is 0. The lowest BCUT2D eigenvalue weighted by Gasteiger charge is -2.04. The highest BCUT2D eigenvalue weighted by Crippen LogP contribution is 2.22. The second-order valence-corrected chi connectivity index (χ2v) is 5.25. The van der Waals surface area contributed by atoms with Crippen molar-refractivity contribution in [2.75, 3.05) is 6.26 Å². The molecule has 0 aliphatic carbocycles. The monoisotopic (exact) mass is 248 g/mol. The maximum Gasteiger partial charge on any atom is 0.306 e. The molecule has 0 aliphatic rings. The molecule has 17 heavy (non-hydrogen) atoms. The zero-order valence-corrected chi connectivity index (χ0v) is 10.1. The fourth-order valence-corrected chi connectivity index (χ4v) is 1.97. The van der Waals surface area contributed by atoms with Crippen molar-refractivity contribution >= 4 is 10.1 Å². The first kappa shape index (κ1) is 11.7. The molecule has 3 nitrogen and oxygen atoms in total. The van der Waals surface area contributed by atoms with E-state index in [4.69, 9.17) is 4.18 Å². The largest absolute Gasteiger partial charge is 0.383 e. The van der Waals surface area contributed by atoms with E-state index in [-0.39, 0.29) is 0 Å². The minimum atomic E-state index is -3.45. The van der Waals surface area contributed by atoms with Crippen molar-refractivity contribution in [1.29, 1.82) is 0 Å². The molecule has 0 spiro atoms. The van der Waals surface area contributed by atoms with Crippen molar-refractivity contribution in [3.8, 4) is 16.9 Å². The molecule has 0 bridgehead atoms. The van der Waals surface area contributed by atoms with Gasteiger partial charge in [-0.15, -0.1) is 0 Å². The van der Waals surface area contributed by atoms with Crippen LogP contribution in [0, 0.1) is 0 Å². The minimum Gasteiger partial charge on any atom is -0.383 e. The summed E-state index contributed by atoms with van der Waals surface area (Å²) in [6.07, 6.45) is 1.03. The highest BCUT2D eigenvalue weighted by atomic mass is 32.2. The van der Waals surface area contributed by atoms with Gasteiger partial charge in [0.05, 0.1) is 6.26 Å². The molecule has 2 rings (SSSR count). The number of rotatable bonds is 3. The van der Waals surface area contributed by atoms with Crippen LogP contribution in [-0.4, -0.2) is 14.7 Å². The van der Waals surface area contributed by atoms with Gasteiger partial charge in [0.1, 0.15) is 5.75 Å². The van der Waals surface area contributed by atoms with Gasteiger partial charge in [-0.3, -0.25) is 0 Å². The SMILES string of the molecule is CS(=O)(=O)Oc1ccc(-c2ccccc2)cc1. The molecule has 0 saturated heterocycles. The van der Waals surface area contributed by atoms with Gasteiger partial charge in [0.15, 0.2) is 0 Å². The first-order valence-electron chi connectivity index (χ1n) is 5.09. The molecule has 0 heterocycles. The van der Waals surface area contributed by atoms with Gasteiger partial charge in [-0.25, -0.2) is 0 Å². The Morgan fingerprint density at radius 1 is 0.824 bits per heavy atom. The van der Waals surface area contributed by atoms with Gasteiger partial charge in [-0.1, -0.05) is 42.5 Å². The van der Waals surface area contributed by atoms with Gasteiger partial charge in [0.25, 0.3) is 0 Å². The Morgan fingerprint density at radius 2 is 1.35 bits per heavy atom. The minimum absolute atomic E-state index is 0.326. The van der Waals surface area contributed by atoms with Gasteiger partial charge >= 0.3 is 10.1 Å². The molecular formula is C13H12O3S. The Labute approximate surface area is 101 Å². The van der Waals surface area contributed by atoms with E-state index in [0.29, 0.717) is 5.75 Å². The lowest BCUT2D eigenvalue weighted by molar-refractivity contribution is 0.493. The molecule has 0 aliphatic heterocycles. The average molecular weight is 248 g/mol. The number of hydrogen-bond acceptors (Lipinski definition) is 3. The predicted molar refractivity (Wildman–Crippen MR) is 67.3 cm³/mol. The quantitative estimate of drug-likeness (QED) is 0.784. The summed E-state index contributed by atoms with van der Waals surface area (Å²) in [6.45, 7) is 0. The molecule has 4 heteroatoms. The van der Waals surface area contributed by atoms with Crippen molar-refractivity contribution in [1.82, 2.24) is 0 Å². The van der Waals surface area contributed by atoms with E-state index in [1.807, 2.05) is 42.5 Å². The van der Waals surface area contributed by atoms with Crippen LogP contribution in [0.5, 0.6) is 5.75 Å². The summed E-state index contributed by atoms with van der Waals surface area (Å²) in [7, 11) is -3.45. The van der Waals surface area contributed by atoms with Crippen molar-refractivity contribution in [2.45, 2.75) is 0 Å². The summed E-state index contributed by atoms with van der Waals surface area (Å²) in [6, 6.07) is 16.8. The fourth-order valence-electron chi connectivity index (χ4n) is 1.51. The normalized spacial score (nSPS) is 11.1. The Morgan fingerprint density at radius 3 is 1.88 bits per heavy atom. The maximum absolute atomic E-state index is 10.9. The third-order valence-corrected chi connectivity index (χ3v) is 2.70. The second-order valence-electron chi connectivity index (χ2n) is 3.68. The summed E-state index contributed by atoms with van der Waals surface area (Å²) < 4.78 is 26.6. The van der Waals surface area contributed by atoms with Crippen LogP contribution in [0.3, 0.4) is 0 Å². The van der Waals surface area contributed by atoms with Crippen LogP contribution in [0.25, 0.3) is 11.1 Å². The molecule has 0 atom stereocenters. The molecule has 0 aromatic heterocycles. The van der Waals surface area contributed by atoms with Crippen LogP contribution in [0.2, 0.25) is 0 Å². The number of benzene rings is 2. The third kappa shape index (κ3) is 3.32. The second kappa shape index (κ2) is 4.59. The van der Waals surface area contributed by atoms with Crippen LogP contribution < -0.4 is 4.18 Å². The van der Waals surface area contributed by atoms with Crippen LogP contribution in [0.15, 0.2) is 54.6 Å². The first-order valence-corrected chi connectivity index (χ1v) is 6.91. The summed E-state index contributed by atoms with van der Waals surface area (Å²) in [5.41, 5.74) is 2.10. The Bertz CT molecular complexity index is 586. The summed E-state index contributed by atoms with van der Waals surface area (Å²) in [4.78, 5) is 0. The predicted octanol–water partition coefficient (Wildman–Crippen LogP) is 2.69. The van der Waals surface area contributed by atoms with Crippen molar-refractivity contribution in [2.24, 2.45) is 0 Å². The molecule has 2 aromatic carbocycles. The zero-order valence-electron chi connectivity index (χ0n) is 9.33. The average Bonchev–Trinajstić information content (AvgIpc) is 2.29. The Hall–Kier alpha value is -1.81. The van der Waals surface area contributed by atoms with E-state index >= 15 is 0 Å². The third-order valence-electron chi connectivity index (χ3n) is 2.21. The summed E-state index contributed by atoms with van der Waals surface area (Å²) in [5.74, 6) is 0.326. The maximum atomic E-state index is 10.9. The van der Waals surface area contributed by atoms with E-state index in [0.717, 1.165) is 17.4 Å². The topological polar surface area (TPSA) is 43.4 Å². The van der Waals surface area contributed by atoms with E-state index in [1.54, 1.807) is 12.1 Å². The van der Waals surface area contributed by atoms with Gasteiger partial charge < -0.3 is 4.18 Å². The van der Waals surface area contributed by atoms with Crippen molar-refractivity contribution < 1.29 is 12.6 Å². The summed E-state index contributed by atoms with van der Waals surface area (Å²) >= 11 is 0. The van der Waals surface area contributed by atoms with E-state index in [9.17, 15) is 8.42 Å². The molecule has 0 unspecified atom stereocenters. The smallest absolute Gasteiger partial charge is 0.306 e. The van der Waals surface area contributed by atoms with Crippen LogP contribution in [0.4, 0.5) is 0 Å². The molecule has 0 amide bonds. The lowest BCUT2D eigenvalue weighted by Crippen LogP contribution is -2.05. The van der Waals surface area contributed by atoms with Crippen LogP contribution in [-0.2, 0) is 10.1 Å².